The Labute approximate surface area is 126 Å². The van der Waals surface area contributed by atoms with Crippen LogP contribution in [-0.4, -0.2) is 21.8 Å². The molecule has 0 aromatic heterocycles. The van der Waals surface area contributed by atoms with Crippen molar-refractivity contribution in [2.45, 2.75) is 95.6 Å². The normalized spacial score (nSPS) is 23.7. The standard InChI is InChI=1S/C17H34O2Si/c1-3-18-20(19-4-2,17-14-10-11-15-17)16-12-8-6-5-7-9-13-16/h16-17H,3-15H2,1-2H3. The van der Waals surface area contributed by atoms with Gasteiger partial charge in [-0.3, -0.25) is 0 Å². The Kier molecular flexibility index (Phi) is 7.06. The molecule has 0 spiro atoms. The monoisotopic (exact) mass is 298 g/mol. The smallest absolute Gasteiger partial charge is 0.344 e. The van der Waals surface area contributed by atoms with Crippen molar-refractivity contribution in [2.75, 3.05) is 13.2 Å². The van der Waals surface area contributed by atoms with Gasteiger partial charge >= 0.3 is 8.56 Å². The molecule has 118 valence electrons. The molecular formula is C17H34O2Si. The molecule has 0 aromatic carbocycles. The molecule has 0 heterocycles. The van der Waals surface area contributed by atoms with Gasteiger partial charge in [-0.2, -0.15) is 0 Å². The molecule has 2 saturated carbocycles. The minimum Gasteiger partial charge on any atom is -0.394 e. The summed E-state index contributed by atoms with van der Waals surface area (Å²) in [7, 11) is -2.02. The fraction of sp³-hybridized carbons (Fsp3) is 1.00. The average Bonchev–Trinajstić information content (AvgIpc) is 2.92. The van der Waals surface area contributed by atoms with Gasteiger partial charge in [0.15, 0.2) is 0 Å². The highest BCUT2D eigenvalue weighted by Crippen LogP contribution is 2.49. The van der Waals surface area contributed by atoms with Crippen LogP contribution in [0.3, 0.4) is 0 Å². The zero-order valence-electron chi connectivity index (χ0n) is 13.7. The second-order valence-corrected chi connectivity index (χ2v) is 10.3. The van der Waals surface area contributed by atoms with Crippen LogP contribution in [0.1, 0.15) is 84.5 Å². The van der Waals surface area contributed by atoms with Gasteiger partial charge in [-0.15, -0.1) is 0 Å². The first-order chi connectivity index (χ1) is 9.83. The highest BCUT2D eigenvalue weighted by molar-refractivity contribution is 6.70. The van der Waals surface area contributed by atoms with Crippen LogP contribution in [0.2, 0.25) is 11.1 Å². The molecule has 0 radical (unpaired) electrons. The van der Waals surface area contributed by atoms with Crippen LogP contribution in [0.5, 0.6) is 0 Å². The SMILES string of the molecule is CCO[Si](OCC)(C1CCCCCCC1)C1CCCC1. The maximum Gasteiger partial charge on any atom is 0.344 e. The number of hydrogen-bond acceptors (Lipinski definition) is 2. The lowest BCUT2D eigenvalue weighted by Crippen LogP contribution is -2.51. The lowest BCUT2D eigenvalue weighted by molar-refractivity contribution is 0.155. The van der Waals surface area contributed by atoms with Gasteiger partial charge in [0, 0.05) is 24.3 Å². The first kappa shape index (κ1) is 16.5. The van der Waals surface area contributed by atoms with E-state index in [9.17, 15) is 0 Å². The summed E-state index contributed by atoms with van der Waals surface area (Å²) in [5.41, 5.74) is 1.53. The largest absolute Gasteiger partial charge is 0.394 e. The third kappa shape index (κ3) is 3.86. The van der Waals surface area contributed by atoms with Crippen molar-refractivity contribution in [3.63, 3.8) is 0 Å². The molecule has 0 amide bonds. The first-order valence-electron chi connectivity index (χ1n) is 9.11. The summed E-state index contributed by atoms with van der Waals surface area (Å²) in [4.78, 5) is 0. The van der Waals surface area contributed by atoms with Crippen LogP contribution in [0.4, 0.5) is 0 Å². The zero-order valence-corrected chi connectivity index (χ0v) is 14.7. The highest BCUT2D eigenvalue weighted by Gasteiger charge is 2.52. The van der Waals surface area contributed by atoms with Crippen molar-refractivity contribution in [3.05, 3.63) is 0 Å². The predicted octanol–water partition coefficient (Wildman–Crippen LogP) is 5.56. The zero-order chi connectivity index (χ0) is 14.3. The van der Waals surface area contributed by atoms with E-state index < -0.39 is 8.56 Å². The van der Waals surface area contributed by atoms with Crippen molar-refractivity contribution in [3.8, 4) is 0 Å². The quantitative estimate of drug-likeness (QED) is 0.598. The summed E-state index contributed by atoms with van der Waals surface area (Å²) in [5.74, 6) is 0. The fourth-order valence-electron chi connectivity index (χ4n) is 4.48. The second kappa shape index (κ2) is 8.55. The molecule has 0 atom stereocenters. The van der Waals surface area contributed by atoms with Crippen LogP contribution >= 0.6 is 0 Å². The summed E-state index contributed by atoms with van der Waals surface area (Å²) >= 11 is 0. The highest BCUT2D eigenvalue weighted by atomic mass is 28.4. The molecule has 0 saturated heterocycles. The van der Waals surface area contributed by atoms with Gasteiger partial charge in [0.2, 0.25) is 0 Å². The Morgan fingerprint density at radius 3 is 1.40 bits per heavy atom. The third-order valence-corrected chi connectivity index (χ3v) is 10.2. The number of rotatable bonds is 6. The summed E-state index contributed by atoms with van der Waals surface area (Å²) in [6.45, 7) is 6.02. The number of hydrogen-bond donors (Lipinski definition) is 0. The third-order valence-electron chi connectivity index (χ3n) is 5.34. The maximum atomic E-state index is 6.51. The van der Waals surface area contributed by atoms with E-state index in [1.807, 2.05) is 0 Å². The summed E-state index contributed by atoms with van der Waals surface area (Å²) in [6, 6.07) is 0. The molecule has 3 heteroatoms. The predicted molar refractivity (Wildman–Crippen MR) is 87.3 cm³/mol. The topological polar surface area (TPSA) is 18.5 Å². The van der Waals surface area contributed by atoms with E-state index in [0.29, 0.717) is 0 Å². The van der Waals surface area contributed by atoms with Crippen LogP contribution in [0.25, 0.3) is 0 Å². The van der Waals surface area contributed by atoms with Crippen LogP contribution in [0.15, 0.2) is 0 Å². The molecule has 2 aliphatic rings. The van der Waals surface area contributed by atoms with E-state index in [0.717, 1.165) is 24.3 Å². The van der Waals surface area contributed by atoms with E-state index in [1.165, 1.54) is 70.6 Å². The van der Waals surface area contributed by atoms with Gasteiger partial charge in [0.1, 0.15) is 0 Å². The molecule has 2 nitrogen and oxygen atoms in total. The lowest BCUT2D eigenvalue weighted by Gasteiger charge is -2.42. The van der Waals surface area contributed by atoms with E-state index >= 15 is 0 Å². The van der Waals surface area contributed by atoms with E-state index in [1.54, 1.807) is 0 Å². The Morgan fingerprint density at radius 2 is 1.00 bits per heavy atom. The van der Waals surface area contributed by atoms with Crippen LogP contribution < -0.4 is 0 Å². The molecule has 2 fully saturated rings. The average molecular weight is 299 g/mol. The lowest BCUT2D eigenvalue weighted by atomic mass is 10.0. The van der Waals surface area contributed by atoms with Gasteiger partial charge in [0.25, 0.3) is 0 Å². The minimum absolute atomic E-state index is 0.755. The van der Waals surface area contributed by atoms with Crippen molar-refractivity contribution >= 4 is 8.56 Å². The Balaban J connectivity index is 2.16. The molecule has 0 aliphatic heterocycles. The van der Waals surface area contributed by atoms with Crippen LogP contribution in [-0.2, 0) is 8.85 Å². The van der Waals surface area contributed by atoms with Gasteiger partial charge in [-0.25, -0.2) is 0 Å². The maximum absolute atomic E-state index is 6.51. The van der Waals surface area contributed by atoms with E-state index in [-0.39, 0.29) is 0 Å². The molecule has 0 bridgehead atoms. The molecule has 0 N–H and O–H groups in total. The molecule has 0 aromatic rings. The second-order valence-electron chi connectivity index (χ2n) is 6.61. The molecule has 2 rings (SSSR count). The summed E-state index contributed by atoms with van der Waals surface area (Å²) in [5, 5.41) is 0. The van der Waals surface area contributed by atoms with Crippen molar-refractivity contribution in [2.24, 2.45) is 0 Å². The molecule has 2 aliphatic carbocycles. The van der Waals surface area contributed by atoms with Crippen molar-refractivity contribution in [1.82, 2.24) is 0 Å². The Bertz CT molecular complexity index is 250. The van der Waals surface area contributed by atoms with E-state index in [4.69, 9.17) is 8.85 Å². The van der Waals surface area contributed by atoms with Gasteiger partial charge in [-0.05, 0) is 39.5 Å². The van der Waals surface area contributed by atoms with Gasteiger partial charge < -0.3 is 8.85 Å². The van der Waals surface area contributed by atoms with E-state index in [2.05, 4.69) is 13.8 Å². The van der Waals surface area contributed by atoms with Crippen LogP contribution in [0, 0.1) is 0 Å². The minimum atomic E-state index is -2.02. The van der Waals surface area contributed by atoms with Gasteiger partial charge in [-0.1, -0.05) is 44.9 Å². The molecular weight excluding hydrogens is 264 g/mol. The van der Waals surface area contributed by atoms with Crippen molar-refractivity contribution < 1.29 is 8.85 Å². The summed E-state index contributed by atoms with van der Waals surface area (Å²) in [6.07, 6.45) is 15.3. The Morgan fingerprint density at radius 1 is 0.650 bits per heavy atom. The molecule has 20 heavy (non-hydrogen) atoms. The van der Waals surface area contributed by atoms with Crippen molar-refractivity contribution in [1.29, 1.82) is 0 Å². The first-order valence-corrected chi connectivity index (χ1v) is 11.1. The molecule has 0 unspecified atom stereocenters. The Hall–Kier alpha value is 0.137. The summed E-state index contributed by atoms with van der Waals surface area (Å²) < 4.78 is 13.0. The van der Waals surface area contributed by atoms with Gasteiger partial charge in [0.05, 0.1) is 0 Å². The fourth-order valence-corrected chi connectivity index (χ4v) is 9.51.